The fourth-order valence-electron chi connectivity index (χ4n) is 3.73. The molecular weight excluding hydrogens is 328 g/mol. The minimum absolute atomic E-state index is 0.0228. The van der Waals surface area contributed by atoms with E-state index in [0.717, 1.165) is 67.8 Å². The monoisotopic (exact) mass is 352 g/mol. The first-order chi connectivity index (χ1) is 12.7. The zero-order valence-corrected chi connectivity index (χ0v) is 15.1. The molecule has 136 valence electrons. The maximum absolute atomic E-state index is 12.7. The number of likely N-dealkylation sites (tertiary alicyclic amines) is 1. The topological polar surface area (TPSA) is 75.0 Å². The highest BCUT2D eigenvalue weighted by atomic mass is 16.5. The molecule has 26 heavy (non-hydrogen) atoms. The summed E-state index contributed by atoms with van der Waals surface area (Å²) in [6.45, 7) is 3.61. The zero-order chi connectivity index (χ0) is 17.9. The van der Waals surface area contributed by atoms with Gasteiger partial charge >= 0.3 is 0 Å². The van der Waals surface area contributed by atoms with E-state index in [1.54, 1.807) is 6.07 Å². The normalized spacial score (nSPS) is 17.7. The van der Waals surface area contributed by atoms with Crippen LogP contribution in [0, 0.1) is 5.92 Å². The maximum atomic E-state index is 12.7. The van der Waals surface area contributed by atoms with E-state index in [4.69, 9.17) is 4.52 Å². The Hall–Kier alpha value is -2.63. The average molecular weight is 352 g/mol. The van der Waals surface area contributed by atoms with Crippen molar-refractivity contribution in [2.24, 2.45) is 5.92 Å². The van der Waals surface area contributed by atoms with Crippen LogP contribution in [0.15, 0.2) is 34.9 Å². The molecule has 1 atom stereocenters. The van der Waals surface area contributed by atoms with Crippen molar-refractivity contribution in [3.63, 3.8) is 0 Å². The van der Waals surface area contributed by atoms with Gasteiger partial charge in [0.25, 0.3) is 5.91 Å². The number of carbonyl (C=O) groups is 1. The number of aryl methyl sites for hydroxylation is 1. The Morgan fingerprint density at radius 1 is 1.38 bits per heavy atom. The molecule has 1 fully saturated rings. The smallest absolute Gasteiger partial charge is 0.276 e. The summed E-state index contributed by atoms with van der Waals surface area (Å²) in [4.78, 5) is 22.7. The number of aromatic nitrogens is 3. The number of carbonyl (C=O) groups excluding carboxylic acids is 1. The Labute approximate surface area is 152 Å². The number of H-pyrrole nitrogens is 1. The number of para-hydroxylation sites is 2. The molecule has 1 saturated heterocycles. The van der Waals surface area contributed by atoms with Crippen molar-refractivity contribution in [3.05, 3.63) is 47.6 Å². The molecule has 0 bridgehead atoms. The Bertz CT molecular complexity index is 865. The lowest BCUT2D eigenvalue weighted by molar-refractivity contribution is 0.0661. The molecule has 6 nitrogen and oxygen atoms in total. The van der Waals surface area contributed by atoms with Crippen molar-refractivity contribution in [2.45, 2.75) is 39.0 Å². The largest absolute Gasteiger partial charge is 0.361 e. The van der Waals surface area contributed by atoms with Crippen molar-refractivity contribution in [1.29, 1.82) is 0 Å². The van der Waals surface area contributed by atoms with Crippen LogP contribution >= 0.6 is 0 Å². The quantitative estimate of drug-likeness (QED) is 0.761. The van der Waals surface area contributed by atoms with Gasteiger partial charge in [0.1, 0.15) is 11.6 Å². The second kappa shape index (κ2) is 7.32. The number of nitrogens with one attached hydrogen (secondary N) is 1. The molecule has 3 aromatic rings. The van der Waals surface area contributed by atoms with Gasteiger partial charge in [0.05, 0.1) is 11.0 Å². The van der Waals surface area contributed by atoms with Crippen LogP contribution in [0.1, 0.15) is 48.3 Å². The van der Waals surface area contributed by atoms with Gasteiger partial charge < -0.3 is 14.4 Å². The first-order valence-corrected chi connectivity index (χ1v) is 9.41. The van der Waals surface area contributed by atoms with E-state index in [1.807, 2.05) is 29.2 Å². The molecule has 1 aliphatic heterocycles. The number of piperidine rings is 1. The number of rotatable bonds is 5. The number of nitrogens with zero attached hydrogens (tertiary/aromatic N) is 3. The van der Waals surface area contributed by atoms with E-state index in [0.29, 0.717) is 11.6 Å². The molecule has 6 heteroatoms. The summed E-state index contributed by atoms with van der Waals surface area (Å²) in [7, 11) is 0. The van der Waals surface area contributed by atoms with Crippen molar-refractivity contribution in [2.75, 3.05) is 13.1 Å². The van der Waals surface area contributed by atoms with Crippen LogP contribution in [0.3, 0.4) is 0 Å². The Kier molecular flexibility index (Phi) is 4.73. The molecule has 1 aliphatic rings. The Balaban J connectivity index is 1.42. The molecular formula is C20H24N4O2. The van der Waals surface area contributed by atoms with Gasteiger partial charge in [-0.05, 0) is 37.3 Å². The van der Waals surface area contributed by atoms with Crippen molar-refractivity contribution >= 4 is 16.9 Å². The standard InChI is InChI=1S/C20H24N4O2/c1-2-6-15-12-18(23-26-15)20(25)24-10-5-7-14(13-24)11-19-21-16-8-3-4-9-17(16)22-19/h3-4,8-9,12,14H,2,5-7,10-11,13H2,1H3,(H,21,22)/t14-/m1/s1. The molecule has 2 aromatic heterocycles. The van der Waals surface area contributed by atoms with Crippen LogP contribution in [0.4, 0.5) is 0 Å². The third-order valence-electron chi connectivity index (χ3n) is 5.00. The second-order valence-electron chi connectivity index (χ2n) is 7.09. The van der Waals surface area contributed by atoms with Crippen LogP contribution in [-0.4, -0.2) is 39.0 Å². The van der Waals surface area contributed by atoms with E-state index >= 15 is 0 Å². The first-order valence-electron chi connectivity index (χ1n) is 9.41. The number of aromatic amines is 1. The lowest BCUT2D eigenvalue weighted by Gasteiger charge is -2.31. The van der Waals surface area contributed by atoms with Crippen molar-refractivity contribution < 1.29 is 9.32 Å². The molecule has 0 unspecified atom stereocenters. The predicted molar refractivity (Wildman–Crippen MR) is 98.9 cm³/mol. The fraction of sp³-hybridized carbons (Fsp3) is 0.450. The average Bonchev–Trinajstić information content (AvgIpc) is 3.28. The van der Waals surface area contributed by atoms with E-state index in [-0.39, 0.29) is 5.91 Å². The van der Waals surface area contributed by atoms with Crippen LogP contribution in [0.2, 0.25) is 0 Å². The number of hydrogen-bond donors (Lipinski definition) is 1. The third kappa shape index (κ3) is 3.49. The lowest BCUT2D eigenvalue weighted by atomic mass is 9.94. The number of benzene rings is 1. The second-order valence-corrected chi connectivity index (χ2v) is 7.09. The van der Waals surface area contributed by atoms with E-state index in [1.165, 1.54) is 0 Å². The van der Waals surface area contributed by atoms with Gasteiger partial charge in [-0.15, -0.1) is 0 Å². The molecule has 3 heterocycles. The summed E-state index contributed by atoms with van der Waals surface area (Å²) in [5.74, 6) is 2.17. The van der Waals surface area contributed by atoms with Crippen LogP contribution < -0.4 is 0 Å². The Morgan fingerprint density at radius 2 is 2.27 bits per heavy atom. The highest BCUT2D eigenvalue weighted by molar-refractivity contribution is 5.92. The highest BCUT2D eigenvalue weighted by Crippen LogP contribution is 2.23. The number of imidazole rings is 1. The van der Waals surface area contributed by atoms with Crippen LogP contribution in [0.25, 0.3) is 11.0 Å². The summed E-state index contributed by atoms with van der Waals surface area (Å²) >= 11 is 0. The molecule has 0 radical (unpaired) electrons. The summed E-state index contributed by atoms with van der Waals surface area (Å²) in [5, 5.41) is 3.96. The van der Waals surface area contributed by atoms with Gasteiger partial charge in [0.2, 0.25) is 0 Å². The molecule has 4 rings (SSSR count). The van der Waals surface area contributed by atoms with Gasteiger partial charge in [0.15, 0.2) is 5.69 Å². The van der Waals surface area contributed by atoms with Crippen LogP contribution in [-0.2, 0) is 12.8 Å². The summed E-state index contributed by atoms with van der Waals surface area (Å²) in [5.41, 5.74) is 2.49. The summed E-state index contributed by atoms with van der Waals surface area (Å²) in [6.07, 6.45) is 4.77. The Morgan fingerprint density at radius 3 is 3.12 bits per heavy atom. The fourth-order valence-corrected chi connectivity index (χ4v) is 3.73. The summed E-state index contributed by atoms with van der Waals surface area (Å²) in [6, 6.07) is 9.86. The highest BCUT2D eigenvalue weighted by Gasteiger charge is 2.27. The third-order valence-corrected chi connectivity index (χ3v) is 5.00. The van der Waals surface area contributed by atoms with E-state index in [2.05, 4.69) is 22.0 Å². The molecule has 0 saturated carbocycles. The van der Waals surface area contributed by atoms with Crippen molar-refractivity contribution in [1.82, 2.24) is 20.0 Å². The van der Waals surface area contributed by atoms with E-state index < -0.39 is 0 Å². The maximum Gasteiger partial charge on any atom is 0.276 e. The molecule has 1 aromatic carbocycles. The van der Waals surface area contributed by atoms with Gasteiger partial charge in [-0.1, -0.05) is 24.2 Å². The lowest BCUT2D eigenvalue weighted by Crippen LogP contribution is -2.40. The number of hydrogen-bond acceptors (Lipinski definition) is 4. The predicted octanol–water partition coefficient (Wildman–Crippen LogP) is 3.60. The van der Waals surface area contributed by atoms with Gasteiger partial charge in [-0.3, -0.25) is 4.79 Å². The minimum atomic E-state index is -0.0228. The zero-order valence-electron chi connectivity index (χ0n) is 15.1. The van der Waals surface area contributed by atoms with E-state index in [9.17, 15) is 4.79 Å². The van der Waals surface area contributed by atoms with Gasteiger partial charge in [-0.2, -0.15) is 0 Å². The number of fused-ring (bicyclic) bond motifs is 1. The minimum Gasteiger partial charge on any atom is -0.361 e. The van der Waals surface area contributed by atoms with Gasteiger partial charge in [-0.25, -0.2) is 4.98 Å². The molecule has 0 aliphatic carbocycles. The molecule has 1 N–H and O–H groups in total. The van der Waals surface area contributed by atoms with Crippen LogP contribution in [0.5, 0.6) is 0 Å². The summed E-state index contributed by atoms with van der Waals surface area (Å²) < 4.78 is 5.26. The number of amides is 1. The first kappa shape index (κ1) is 16.8. The van der Waals surface area contributed by atoms with Crippen molar-refractivity contribution in [3.8, 4) is 0 Å². The molecule has 0 spiro atoms. The van der Waals surface area contributed by atoms with Gasteiger partial charge in [0, 0.05) is 32.0 Å². The molecule has 1 amide bonds. The SMILES string of the molecule is CCCc1cc(C(=O)N2CCC[C@H](Cc3nc4ccccc4[nH]3)C2)no1.